The van der Waals surface area contributed by atoms with E-state index >= 15 is 0 Å². The van der Waals surface area contributed by atoms with E-state index in [1.165, 1.54) is 0 Å². The number of carboxylic acid groups (broad SMARTS) is 1. The second-order valence-electron chi connectivity index (χ2n) is 5.66. The molecule has 2 rings (SSSR count). The smallest absolute Gasteiger partial charge is 0.332 e. The van der Waals surface area contributed by atoms with Gasteiger partial charge in [-0.2, -0.15) is 0 Å². The number of hydrogen-bond donors (Lipinski definition) is 2. The standard InChI is InChI=1S/C16H24N2O4/c1-17-6-8-18(9-7-17)10-11-22-15-5-3-2-4-13(15)12-14(19)16(20)21/h2-5,14,19H,6-12H2,1H3,(H,20,21)/t14-/m0/s1. The molecule has 0 saturated carbocycles. The molecule has 1 saturated heterocycles. The molecule has 6 heteroatoms. The molecule has 0 bridgehead atoms. The predicted octanol–water partition coefficient (Wildman–Crippen LogP) is 0.301. The molecule has 0 spiro atoms. The Bertz CT molecular complexity index is 487. The first-order chi connectivity index (χ1) is 10.6. The fraction of sp³-hybridized carbons (Fsp3) is 0.562. The van der Waals surface area contributed by atoms with Gasteiger partial charge >= 0.3 is 5.97 Å². The number of ether oxygens (including phenoxy) is 1. The van der Waals surface area contributed by atoms with Crippen molar-refractivity contribution in [2.24, 2.45) is 0 Å². The van der Waals surface area contributed by atoms with Gasteiger partial charge in [-0.15, -0.1) is 0 Å². The fourth-order valence-electron chi connectivity index (χ4n) is 2.47. The third-order valence-corrected chi connectivity index (χ3v) is 3.93. The number of likely N-dealkylation sites (N-methyl/N-ethyl adjacent to an activating group) is 1. The SMILES string of the molecule is CN1CCN(CCOc2ccccc2C[C@H](O)C(=O)O)CC1. The van der Waals surface area contributed by atoms with Gasteiger partial charge in [0.15, 0.2) is 6.10 Å². The van der Waals surface area contributed by atoms with Crippen LogP contribution in [0.4, 0.5) is 0 Å². The highest BCUT2D eigenvalue weighted by Gasteiger charge is 2.17. The average molecular weight is 308 g/mol. The number of piperazine rings is 1. The minimum absolute atomic E-state index is 0.0556. The van der Waals surface area contributed by atoms with E-state index in [2.05, 4.69) is 16.8 Å². The molecule has 0 aliphatic carbocycles. The van der Waals surface area contributed by atoms with E-state index in [-0.39, 0.29) is 6.42 Å². The predicted molar refractivity (Wildman–Crippen MR) is 83.2 cm³/mol. The summed E-state index contributed by atoms with van der Waals surface area (Å²) in [6.07, 6.45) is -1.35. The average Bonchev–Trinajstić information content (AvgIpc) is 2.51. The molecule has 6 nitrogen and oxygen atoms in total. The molecule has 1 heterocycles. The van der Waals surface area contributed by atoms with Crippen LogP contribution in [0.15, 0.2) is 24.3 Å². The van der Waals surface area contributed by atoms with Gasteiger partial charge in [-0.1, -0.05) is 18.2 Å². The molecule has 1 atom stereocenters. The number of rotatable bonds is 7. The molecule has 22 heavy (non-hydrogen) atoms. The number of carbonyl (C=O) groups is 1. The minimum Gasteiger partial charge on any atom is -0.492 e. The van der Waals surface area contributed by atoms with Crippen molar-refractivity contribution in [1.29, 1.82) is 0 Å². The Kier molecular flexibility index (Phi) is 6.18. The number of aliphatic carboxylic acids is 1. The summed E-state index contributed by atoms with van der Waals surface area (Å²) >= 11 is 0. The Morgan fingerprint density at radius 3 is 2.64 bits per heavy atom. The molecule has 0 aromatic heterocycles. The zero-order valence-corrected chi connectivity index (χ0v) is 12.9. The summed E-state index contributed by atoms with van der Waals surface area (Å²) in [6, 6.07) is 7.27. The van der Waals surface area contributed by atoms with E-state index in [1.54, 1.807) is 6.07 Å². The van der Waals surface area contributed by atoms with Crippen molar-refractivity contribution in [2.75, 3.05) is 46.4 Å². The van der Waals surface area contributed by atoms with Crippen LogP contribution in [-0.4, -0.2) is 78.5 Å². The Labute approximate surface area is 130 Å². The summed E-state index contributed by atoms with van der Waals surface area (Å²) in [5, 5.41) is 18.3. The lowest BCUT2D eigenvalue weighted by atomic mass is 10.1. The van der Waals surface area contributed by atoms with Crippen LogP contribution in [0.3, 0.4) is 0 Å². The zero-order valence-electron chi connectivity index (χ0n) is 12.9. The lowest BCUT2D eigenvalue weighted by molar-refractivity contribution is -0.146. The monoisotopic (exact) mass is 308 g/mol. The third kappa shape index (κ3) is 4.98. The van der Waals surface area contributed by atoms with Crippen molar-refractivity contribution in [3.63, 3.8) is 0 Å². The molecule has 1 aromatic rings. The number of para-hydroxylation sites is 1. The first kappa shape index (κ1) is 16.7. The molecule has 2 N–H and O–H groups in total. The molecule has 0 radical (unpaired) electrons. The van der Waals surface area contributed by atoms with Crippen molar-refractivity contribution in [2.45, 2.75) is 12.5 Å². The highest BCUT2D eigenvalue weighted by molar-refractivity contribution is 5.72. The lowest BCUT2D eigenvalue weighted by Crippen LogP contribution is -2.45. The van der Waals surface area contributed by atoms with Gasteiger partial charge in [-0.05, 0) is 18.7 Å². The molecule has 1 aliphatic heterocycles. The molecule has 0 unspecified atom stereocenters. The maximum atomic E-state index is 10.8. The van der Waals surface area contributed by atoms with Crippen LogP contribution in [0.25, 0.3) is 0 Å². The molecule has 122 valence electrons. The van der Waals surface area contributed by atoms with E-state index in [9.17, 15) is 9.90 Å². The maximum Gasteiger partial charge on any atom is 0.332 e. The van der Waals surface area contributed by atoms with Crippen molar-refractivity contribution >= 4 is 5.97 Å². The molecule has 1 aromatic carbocycles. The Morgan fingerprint density at radius 2 is 1.95 bits per heavy atom. The first-order valence-corrected chi connectivity index (χ1v) is 7.58. The third-order valence-electron chi connectivity index (χ3n) is 3.93. The van der Waals surface area contributed by atoms with E-state index in [1.807, 2.05) is 18.2 Å². The van der Waals surface area contributed by atoms with Crippen LogP contribution in [0.1, 0.15) is 5.56 Å². The van der Waals surface area contributed by atoms with Crippen molar-refractivity contribution < 1.29 is 19.7 Å². The summed E-state index contributed by atoms with van der Waals surface area (Å²) in [5.41, 5.74) is 0.718. The van der Waals surface area contributed by atoms with Gasteiger partial charge in [0.1, 0.15) is 12.4 Å². The zero-order chi connectivity index (χ0) is 15.9. The number of carboxylic acids is 1. The van der Waals surface area contributed by atoms with E-state index in [4.69, 9.17) is 9.84 Å². The maximum absolute atomic E-state index is 10.8. The van der Waals surface area contributed by atoms with Crippen LogP contribution in [0.2, 0.25) is 0 Å². The molecule has 0 amide bonds. The van der Waals surface area contributed by atoms with Crippen LogP contribution in [-0.2, 0) is 11.2 Å². The number of nitrogens with zero attached hydrogens (tertiary/aromatic N) is 2. The normalized spacial score (nSPS) is 18.1. The minimum atomic E-state index is -1.40. The molecular formula is C16H24N2O4. The second kappa shape index (κ2) is 8.12. The van der Waals surface area contributed by atoms with E-state index in [0.29, 0.717) is 12.4 Å². The lowest BCUT2D eigenvalue weighted by Gasteiger charge is -2.32. The van der Waals surface area contributed by atoms with Gasteiger partial charge in [0.05, 0.1) is 0 Å². The number of benzene rings is 1. The Balaban J connectivity index is 1.83. The largest absolute Gasteiger partial charge is 0.492 e. The van der Waals surface area contributed by atoms with Crippen molar-refractivity contribution in [1.82, 2.24) is 9.80 Å². The number of aliphatic hydroxyl groups excluding tert-OH is 1. The van der Waals surface area contributed by atoms with Gasteiger partial charge in [0, 0.05) is 39.1 Å². The van der Waals surface area contributed by atoms with E-state index in [0.717, 1.165) is 38.3 Å². The van der Waals surface area contributed by atoms with Crippen LogP contribution >= 0.6 is 0 Å². The van der Waals surface area contributed by atoms with Gasteiger partial charge < -0.3 is 19.8 Å². The Morgan fingerprint density at radius 1 is 1.27 bits per heavy atom. The van der Waals surface area contributed by atoms with Crippen molar-refractivity contribution in [3.05, 3.63) is 29.8 Å². The van der Waals surface area contributed by atoms with Gasteiger partial charge in [0.25, 0.3) is 0 Å². The highest BCUT2D eigenvalue weighted by atomic mass is 16.5. The van der Waals surface area contributed by atoms with Crippen LogP contribution in [0.5, 0.6) is 5.75 Å². The summed E-state index contributed by atoms with van der Waals surface area (Å²) in [5.74, 6) is -0.566. The summed E-state index contributed by atoms with van der Waals surface area (Å²) in [6.45, 7) is 5.63. The molecule has 1 aliphatic rings. The van der Waals surface area contributed by atoms with Crippen molar-refractivity contribution in [3.8, 4) is 5.75 Å². The van der Waals surface area contributed by atoms with Gasteiger partial charge in [0.2, 0.25) is 0 Å². The summed E-state index contributed by atoms with van der Waals surface area (Å²) < 4.78 is 5.79. The van der Waals surface area contributed by atoms with Gasteiger partial charge in [-0.3, -0.25) is 4.90 Å². The first-order valence-electron chi connectivity index (χ1n) is 7.58. The summed E-state index contributed by atoms with van der Waals surface area (Å²) in [7, 11) is 2.12. The van der Waals surface area contributed by atoms with Gasteiger partial charge in [-0.25, -0.2) is 4.79 Å². The summed E-state index contributed by atoms with van der Waals surface area (Å²) in [4.78, 5) is 15.4. The Hall–Kier alpha value is -1.63. The quantitative estimate of drug-likeness (QED) is 0.755. The topological polar surface area (TPSA) is 73.2 Å². The van der Waals surface area contributed by atoms with E-state index < -0.39 is 12.1 Å². The number of aliphatic hydroxyl groups is 1. The van der Waals surface area contributed by atoms with Crippen LogP contribution < -0.4 is 4.74 Å². The highest BCUT2D eigenvalue weighted by Crippen LogP contribution is 2.19. The second-order valence-corrected chi connectivity index (χ2v) is 5.66. The molecule has 1 fully saturated rings. The number of hydrogen-bond acceptors (Lipinski definition) is 5. The van der Waals surface area contributed by atoms with Crippen LogP contribution in [0, 0.1) is 0 Å². The molecular weight excluding hydrogens is 284 g/mol. The fourth-order valence-corrected chi connectivity index (χ4v) is 2.47.